The van der Waals surface area contributed by atoms with Crippen molar-refractivity contribution in [2.75, 3.05) is 5.32 Å². The number of carbonyl (C=O) groups is 1. The van der Waals surface area contributed by atoms with Crippen LogP contribution in [-0.2, 0) is 15.8 Å². The summed E-state index contributed by atoms with van der Waals surface area (Å²) in [5, 5.41) is 17.2. The van der Waals surface area contributed by atoms with Crippen molar-refractivity contribution in [3.05, 3.63) is 38.8 Å². The minimum Gasteiger partial charge on any atom is -0.411 e. The maximum atomic E-state index is 12.7. The number of carbonyl (C=O) groups excluding carboxylic acids is 1. The molecule has 5 unspecified atom stereocenters. The van der Waals surface area contributed by atoms with Crippen LogP contribution in [0.3, 0.4) is 0 Å². The highest BCUT2D eigenvalue weighted by atomic mass is 79.9. The number of hydrogen-bond donors (Lipinski definition) is 4. The fourth-order valence-corrected chi connectivity index (χ4v) is 9.07. The van der Waals surface area contributed by atoms with Gasteiger partial charge in [-0.15, -0.1) is 11.3 Å². The van der Waals surface area contributed by atoms with E-state index >= 15 is 0 Å². The van der Waals surface area contributed by atoms with Gasteiger partial charge in [0.15, 0.2) is 5.13 Å². The summed E-state index contributed by atoms with van der Waals surface area (Å²) in [5.74, 6) is 1.27. The molecule has 3 aliphatic rings. The first kappa shape index (κ1) is 26.8. The largest absolute Gasteiger partial charge is 0.524 e. The molecule has 0 spiro atoms. The molecule has 0 aliphatic heterocycles. The third kappa shape index (κ3) is 5.13. The fraction of sp³-hybridized carbons (Fsp3) is 0.560. The molecule has 1 amide bonds. The summed E-state index contributed by atoms with van der Waals surface area (Å²) in [6.45, 7) is 4.16. The predicted octanol–water partition coefficient (Wildman–Crippen LogP) is 6.02. The molecular formula is C25H31BrN3O6PS. The van der Waals surface area contributed by atoms with Gasteiger partial charge in [0.25, 0.3) is 0 Å². The van der Waals surface area contributed by atoms with E-state index in [4.69, 9.17) is 4.52 Å². The summed E-state index contributed by atoms with van der Waals surface area (Å²) in [5.41, 5.74) is 2.86. The molecule has 5 rings (SSSR count). The molecule has 9 nitrogen and oxygen atoms in total. The second-order valence-corrected chi connectivity index (χ2v) is 13.9. The third-order valence-corrected chi connectivity index (χ3v) is 10.8. The van der Waals surface area contributed by atoms with Crippen LogP contribution in [-0.4, -0.2) is 31.6 Å². The zero-order valence-corrected chi connectivity index (χ0v) is 24.0. The van der Waals surface area contributed by atoms with Gasteiger partial charge in [-0.1, -0.05) is 18.1 Å². The monoisotopic (exact) mass is 611 g/mol. The van der Waals surface area contributed by atoms with E-state index in [0.717, 1.165) is 41.8 Å². The van der Waals surface area contributed by atoms with E-state index < -0.39 is 7.82 Å². The number of phosphoric ester groups is 1. The van der Waals surface area contributed by atoms with Crippen molar-refractivity contribution >= 4 is 51.8 Å². The van der Waals surface area contributed by atoms with Crippen LogP contribution in [0.1, 0.15) is 67.4 Å². The van der Waals surface area contributed by atoms with E-state index in [0.29, 0.717) is 34.8 Å². The summed E-state index contributed by atoms with van der Waals surface area (Å²) in [6.07, 6.45) is 7.02. The molecule has 0 saturated heterocycles. The van der Waals surface area contributed by atoms with Gasteiger partial charge in [0.05, 0.1) is 10.2 Å². The van der Waals surface area contributed by atoms with Gasteiger partial charge in [0.1, 0.15) is 5.75 Å². The Morgan fingerprint density at radius 3 is 2.84 bits per heavy atom. The summed E-state index contributed by atoms with van der Waals surface area (Å²) in [4.78, 5) is 36.5. The van der Waals surface area contributed by atoms with Crippen molar-refractivity contribution in [2.45, 2.75) is 64.7 Å². The fourth-order valence-electron chi connectivity index (χ4n) is 7.21. The minimum atomic E-state index is -4.66. The van der Waals surface area contributed by atoms with Gasteiger partial charge in [-0.3, -0.25) is 14.6 Å². The standard InChI is InChI=1S/C25H31BrN3O6PS/c1-13-12-27-24(37-13)28-21(30)8-3-14-11-20(29-31)25(2)10-9-16-15-6-7-19(35-36(32,33)34)23(26)18(15)5-4-17(16)22(14)25/h6-7,12,14,16-17,22,31H,3-5,8-11H2,1-2H3,(H,27,28,30)(H2,32,33,34). The van der Waals surface area contributed by atoms with Gasteiger partial charge in [0.2, 0.25) is 5.91 Å². The number of halogens is 1. The van der Waals surface area contributed by atoms with Gasteiger partial charge in [-0.25, -0.2) is 9.55 Å². The molecule has 2 fully saturated rings. The van der Waals surface area contributed by atoms with Crippen molar-refractivity contribution in [3.8, 4) is 5.75 Å². The van der Waals surface area contributed by atoms with E-state index in [-0.39, 0.29) is 34.8 Å². The molecule has 200 valence electrons. The molecule has 4 N–H and O–H groups in total. The van der Waals surface area contributed by atoms with Crippen molar-refractivity contribution in [2.24, 2.45) is 28.3 Å². The Morgan fingerprint density at radius 2 is 2.16 bits per heavy atom. The SMILES string of the molecule is Cc1cnc(NC(=O)CCC2CC(=NO)C3(C)CCC4c5ccc(OP(=O)(O)O)c(Br)c5CCC4C23)s1. The number of nitrogens with zero attached hydrogens (tertiary/aromatic N) is 2. The molecule has 0 bridgehead atoms. The zero-order chi connectivity index (χ0) is 26.5. The molecule has 1 aromatic carbocycles. The first-order valence-corrected chi connectivity index (χ1v) is 15.6. The Balaban J connectivity index is 1.37. The first-order valence-electron chi connectivity index (χ1n) is 12.5. The second kappa shape index (κ2) is 10.1. The zero-order valence-electron chi connectivity index (χ0n) is 20.7. The van der Waals surface area contributed by atoms with E-state index in [1.807, 2.05) is 13.0 Å². The summed E-state index contributed by atoms with van der Waals surface area (Å²) >= 11 is 4.99. The number of fused-ring (bicyclic) bond motifs is 5. The molecule has 1 heterocycles. The number of hydrogen-bond acceptors (Lipinski definition) is 7. The maximum absolute atomic E-state index is 12.7. The molecule has 2 saturated carbocycles. The van der Waals surface area contributed by atoms with Crippen LogP contribution in [0.15, 0.2) is 28.0 Å². The van der Waals surface area contributed by atoms with Gasteiger partial charge in [0, 0.05) is 22.9 Å². The second-order valence-electron chi connectivity index (χ2n) is 10.7. The average molecular weight is 612 g/mol. The van der Waals surface area contributed by atoms with Crippen LogP contribution >= 0.6 is 35.1 Å². The van der Waals surface area contributed by atoms with Crippen molar-refractivity contribution < 1.29 is 28.9 Å². The van der Waals surface area contributed by atoms with Gasteiger partial charge in [-0.05, 0) is 102 Å². The average Bonchev–Trinajstić information content (AvgIpc) is 3.37. The molecule has 1 aromatic heterocycles. The van der Waals surface area contributed by atoms with Crippen LogP contribution < -0.4 is 9.84 Å². The number of anilines is 1. The van der Waals surface area contributed by atoms with Crippen molar-refractivity contribution in [1.82, 2.24) is 4.98 Å². The van der Waals surface area contributed by atoms with E-state index in [1.165, 1.54) is 16.9 Å². The van der Waals surface area contributed by atoms with Crippen LogP contribution in [0.2, 0.25) is 0 Å². The highest BCUT2D eigenvalue weighted by Crippen LogP contribution is 2.63. The van der Waals surface area contributed by atoms with Crippen molar-refractivity contribution in [1.29, 1.82) is 0 Å². The minimum absolute atomic E-state index is 0.0479. The van der Waals surface area contributed by atoms with Gasteiger partial charge < -0.3 is 15.0 Å². The summed E-state index contributed by atoms with van der Waals surface area (Å²) in [7, 11) is -4.66. The molecular weight excluding hydrogens is 581 g/mol. The number of oxime groups is 1. The molecule has 5 atom stereocenters. The van der Waals surface area contributed by atoms with Gasteiger partial charge in [-0.2, -0.15) is 0 Å². The van der Waals surface area contributed by atoms with Crippen LogP contribution in [0.25, 0.3) is 0 Å². The number of amides is 1. The number of aromatic nitrogens is 1. The Bertz CT molecular complexity index is 1300. The summed E-state index contributed by atoms with van der Waals surface area (Å²) in [6, 6.07) is 3.58. The lowest BCUT2D eigenvalue weighted by Crippen LogP contribution is -2.44. The number of benzene rings is 1. The molecule has 0 radical (unpaired) electrons. The van der Waals surface area contributed by atoms with Crippen molar-refractivity contribution in [3.63, 3.8) is 0 Å². The predicted molar refractivity (Wildman–Crippen MR) is 144 cm³/mol. The quantitative estimate of drug-likeness (QED) is 0.178. The normalized spacial score (nSPS) is 29.9. The number of thiazole rings is 1. The maximum Gasteiger partial charge on any atom is 0.524 e. The lowest BCUT2D eigenvalue weighted by molar-refractivity contribution is -0.116. The van der Waals surface area contributed by atoms with Gasteiger partial charge >= 0.3 is 7.82 Å². The number of rotatable bonds is 6. The van der Waals surface area contributed by atoms with Crippen LogP contribution in [0.4, 0.5) is 5.13 Å². The highest BCUT2D eigenvalue weighted by molar-refractivity contribution is 9.10. The van der Waals surface area contributed by atoms with E-state index in [1.54, 1.807) is 12.3 Å². The number of aryl methyl sites for hydroxylation is 1. The first-order chi connectivity index (χ1) is 17.5. The van der Waals surface area contributed by atoms with E-state index in [2.05, 4.69) is 38.3 Å². The Morgan fingerprint density at radius 1 is 1.38 bits per heavy atom. The van der Waals surface area contributed by atoms with Crippen LogP contribution in [0, 0.1) is 30.1 Å². The molecule has 2 aromatic rings. The van der Waals surface area contributed by atoms with E-state index in [9.17, 15) is 24.4 Å². The molecule has 3 aliphatic carbocycles. The summed E-state index contributed by atoms with van der Waals surface area (Å²) < 4.78 is 16.9. The number of nitrogens with one attached hydrogen (secondary N) is 1. The lowest BCUT2D eigenvalue weighted by Gasteiger charge is -2.50. The lowest BCUT2D eigenvalue weighted by atomic mass is 9.54. The molecule has 12 heteroatoms. The highest BCUT2D eigenvalue weighted by Gasteiger charge is 2.57. The topological polar surface area (TPSA) is 141 Å². The number of phosphoric acid groups is 1. The Labute approximate surface area is 228 Å². The third-order valence-electron chi connectivity index (χ3n) is 8.63. The smallest absolute Gasteiger partial charge is 0.411 e. The molecule has 37 heavy (non-hydrogen) atoms. The van der Waals surface area contributed by atoms with Crippen LogP contribution in [0.5, 0.6) is 5.75 Å². The Kier molecular flexibility index (Phi) is 7.30. The Hall–Kier alpha value is -1.78.